The summed E-state index contributed by atoms with van der Waals surface area (Å²) in [6.07, 6.45) is 5.34. The second-order valence-corrected chi connectivity index (χ2v) is 11.5. The number of imidazole rings is 1. The largest absolute Gasteiger partial charge is 0.298 e. The summed E-state index contributed by atoms with van der Waals surface area (Å²) in [5.41, 5.74) is 16.1. The fourth-order valence-electron chi connectivity index (χ4n) is 6.71. The molecular formula is C41H27N3. The van der Waals surface area contributed by atoms with E-state index in [1.54, 1.807) is 0 Å². The maximum absolute atomic E-state index is 5.18. The number of hydrogen-bond acceptors (Lipinski definition) is 2. The topological polar surface area (TPSA) is 30.2 Å². The van der Waals surface area contributed by atoms with Gasteiger partial charge in [-0.25, -0.2) is 9.97 Å². The van der Waals surface area contributed by atoms with Crippen LogP contribution in [0.4, 0.5) is 0 Å². The Morgan fingerprint density at radius 2 is 1.30 bits per heavy atom. The molecule has 3 heterocycles. The van der Waals surface area contributed by atoms with E-state index in [1.165, 1.54) is 39.0 Å². The number of fused-ring (bicyclic) bond motifs is 8. The highest BCUT2D eigenvalue weighted by Crippen LogP contribution is 2.38. The van der Waals surface area contributed by atoms with Crippen molar-refractivity contribution in [1.82, 2.24) is 14.4 Å². The number of pyridine rings is 2. The average molecular weight is 562 g/mol. The molecule has 3 aromatic heterocycles. The van der Waals surface area contributed by atoms with Crippen LogP contribution < -0.4 is 0 Å². The van der Waals surface area contributed by atoms with Gasteiger partial charge in [-0.05, 0) is 75.2 Å². The Balaban J connectivity index is 1.13. The molecule has 3 heteroatoms. The molecule has 44 heavy (non-hydrogen) atoms. The minimum absolute atomic E-state index is 0.905. The van der Waals surface area contributed by atoms with Crippen LogP contribution in [0.3, 0.4) is 0 Å². The third-order valence-corrected chi connectivity index (χ3v) is 8.85. The van der Waals surface area contributed by atoms with E-state index in [-0.39, 0.29) is 0 Å². The smallest absolute Gasteiger partial charge is 0.137 e. The first-order chi connectivity index (χ1) is 21.8. The molecule has 0 fully saturated rings. The summed E-state index contributed by atoms with van der Waals surface area (Å²) in [4.78, 5) is 10.2. The maximum atomic E-state index is 5.18. The maximum Gasteiger partial charge on any atom is 0.137 e. The van der Waals surface area contributed by atoms with E-state index in [0.29, 0.717) is 0 Å². The van der Waals surface area contributed by atoms with Crippen molar-refractivity contribution in [2.45, 2.75) is 6.42 Å². The molecule has 0 atom stereocenters. The molecule has 3 nitrogen and oxygen atoms in total. The van der Waals surface area contributed by atoms with Gasteiger partial charge in [-0.2, -0.15) is 0 Å². The summed E-state index contributed by atoms with van der Waals surface area (Å²) >= 11 is 0. The number of para-hydroxylation sites is 1. The second kappa shape index (κ2) is 9.89. The molecule has 8 aromatic rings. The highest BCUT2D eigenvalue weighted by molar-refractivity contribution is 6.09. The number of nitrogens with zero attached hydrogens (tertiary/aromatic N) is 3. The van der Waals surface area contributed by atoms with Gasteiger partial charge in [0.05, 0.1) is 16.7 Å². The molecule has 0 radical (unpaired) electrons. The van der Waals surface area contributed by atoms with Crippen LogP contribution in [0.1, 0.15) is 16.7 Å². The summed E-state index contributed by atoms with van der Waals surface area (Å²) < 4.78 is 2.16. The molecule has 0 N–H and O–H groups in total. The lowest BCUT2D eigenvalue weighted by Gasteiger charge is -2.11. The van der Waals surface area contributed by atoms with Crippen molar-refractivity contribution >= 4 is 39.2 Å². The first kappa shape index (κ1) is 24.8. The molecule has 0 aliphatic heterocycles. The summed E-state index contributed by atoms with van der Waals surface area (Å²) in [5, 5.41) is 1.07. The van der Waals surface area contributed by atoms with Gasteiger partial charge in [0.25, 0.3) is 0 Å². The lowest BCUT2D eigenvalue weighted by molar-refractivity contribution is 1.22. The first-order valence-electron chi connectivity index (χ1n) is 15.0. The predicted molar refractivity (Wildman–Crippen MR) is 182 cm³/mol. The van der Waals surface area contributed by atoms with E-state index in [1.807, 2.05) is 18.2 Å². The van der Waals surface area contributed by atoms with Crippen LogP contribution in [-0.2, 0) is 6.42 Å². The Bertz CT molecular complexity index is 2410. The van der Waals surface area contributed by atoms with Gasteiger partial charge in [0.1, 0.15) is 11.2 Å². The van der Waals surface area contributed by atoms with E-state index in [2.05, 4.69) is 138 Å². The minimum Gasteiger partial charge on any atom is -0.298 e. The highest BCUT2D eigenvalue weighted by atomic mass is 15.0. The Hall–Kier alpha value is -5.80. The van der Waals surface area contributed by atoms with Gasteiger partial charge < -0.3 is 0 Å². The van der Waals surface area contributed by atoms with Gasteiger partial charge in [0.2, 0.25) is 0 Å². The zero-order valence-corrected chi connectivity index (χ0v) is 24.0. The lowest BCUT2D eigenvalue weighted by Crippen LogP contribution is -1.93. The Morgan fingerprint density at radius 1 is 0.545 bits per heavy atom. The third-order valence-electron chi connectivity index (χ3n) is 8.85. The van der Waals surface area contributed by atoms with Crippen LogP contribution in [0, 0.1) is 0 Å². The normalized spacial score (nSPS) is 12.6. The Morgan fingerprint density at radius 3 is 2.23 bits per heavy atom. The SMILES string of the molecule is C1=C(c2ccc(-c3cccc(-c4nc5ccccc5c5nc6ccccn6c45)c3)cc2)Cc2ccccc2-c2ccccc21. The molecular weight excluding hydrogens is 534 g/mol. The average Bonchev–Trinajstić information content (AvgIpc) is 3.40. The standard InChI is InChI=1S/C41H27N3/c1-3-14-34-30(10-1)25-33(26-31-11-2-4-15-35(31)34)28-21-19-27(20-22-28)29-12-9-13-32(24-29)39-41-40(36-16-5-6-17-37(36)42-39)43-38-18-7-8-23-44(38)41/h1-25H,26H2. The van der Waals surface area contributed by atoms with Gasteiger partial charge in [0.15, 0.2) is 0 Å². The fourth-order valence-corrected chi connectivity index (χ4v) is 6.71. The van der Waals surface area contributed by atoms with Crippen LogP contribution in [0.5, 0.6) is 0 Å². The summed E-state index contributed by atoms with van der Waals surface area (Å²) in [6, 6.07) is 49.6. The van der Waals surface area contributed by atoms with Crippen molar-refractivity contribution in [3.8, 4) is 33.5 Å². The Labute approximate surface area is 255 Å². The quantitative estimate of drug-likeness (QED) is 0.215. The van der Waals surface area contributed by atoms with Gasteiger partial charge in [-0.1, -0.05) is 121 Å². The molecule has 1 aliphatic rings. The minimum atomic E-state index is 0.905. The molecule has 0 bridgehead atoms. The molecule has 5 aromatic carbocycles. The van der Waals surface area contributed by atoms with Crippen LogP contribution in [0.25, 0.3) is 72.7 Å². The molecule has 9 rings (SSSR count). The van der Waals surface area contributed by atoms with Crippen molar-refractivity contribution in [2.75, 3.05) is 0 Å². The summed E-state index contributed by atoms with van der Waals surface area (Å²) in [6.45, 7) is 0. The fraction of sp³-hybridized carbons (Fsp3) is 0.0244. The second-order valence-electron chi connectivity index (χ2n) is 11.5. The van der Waals surface area contributed by atoms with E-state index in [0.717, 1.165) is 50.8 Å². The van der Waals surface area contributed by atoms with Crippen LogP contribution in [-0.4, -0.2) is 14.4 Å². The van der Waals surface area contributed by atoms with E-state index in [4.69, 9.17) is 9.97 Å². The lowest BCUT2D eigenvalue weighted by atomic mass is 9.94. The van der Waals surface area contributed by atoms with Crippen molar-refractivity contribution in [1.29, 1.82) is 0 Å². The molecule has 206 valence electrons. The van der Waals surface area contributed by atoms with Crippen LogP contribution >= 0.6 is 0 Å². The molecule has 0 saturated carbocycles. The van der Waals surface area contributed by atoms with E-state index < -0.39 is 0 Å². The number of benzene rings is 5. The third kappa shape index (κ3) is 3.98. The van der Waals surface area contributed by atoms with Crippen molar-refractivity contribution in [3.63, 3.8) is 0 Å². The van der Waals surface area contributed by atoms with E-state index >= 15 is 0 Å². The molecule has 1 aliphatic carbocycles. The number of hydrogen-bond donors (Lipinski definition) is 0. The number of rotatable bonds is 3. The monoisotopic (exact) mass is 561 g/mol. The van der Waals surface area contributed by atoms with E-state index in [9.17, 15) is 0 Å². The van der Waals surface area contributed by atoms with Gasteiger partial charge >= 0.3 is 0 Å². The van der Waals surface area contributed by atoms with Crippen LogP contribution in [0.2, 0.25) is 0 Å². The Kier molecular flexibility index (Phi) is 5.57. The zero-order valence-electron chi connectivity index (χ0n) is 24.0. The summed E-state index contributed by atoms with van der Waals surface area (Å²) in [7, 11) is 0. The van der Waals surface area contributed by atoms with Crippen LogP contribution in [0.15, 0.2) is 146 Å². The van der Waals surface area contributed by atoms with Crippen molar-refractivity contribution in [3.05, 3.63) is 162 Å². The molecule has 0 unspecified atom stereocenters. The van der Waals surface area contributed by atoms with Gasteiger partial charge in [0, 0.05) is 17.1 Å². The van der Waals surface area contributed by atoms with Crippen molar-refractivity contribution < 1.29 is 0 Å². The predicted octanol–water partition coefficient (Wildman–Crippen LogP) is 10.1. The highest BCUT2D eigenvalue weighted by Gasteiger charge is 2.18. The van der Waals surface area contributed by atoms with Gasteiger partial charge in [-0.3, -0.25) is 4.40 Å². The zero-order chi connectivity index (χ0) is 29.0. The van der Waals surface area contributed by atoms with Gasteiger partial charge in [-0.15, -0.1) is 0 Å². The molecule has 0 amide bonds. The van der Waals surface area contributed by atoms with Crippen molar-refractivity contribution in [2.24, 2.45) is 0 Å². The molecule has 0 spiro atoms. The molecule has 0 saturated heterocycles. The first-order valence-corrected chi connectivity index (χ1v) is 15.0. The summed E-state index contributed by atoms with van der Waals surface area (Å²) in [5.74, 6) is 0. The number of aromatic nitrogens is 3. The number of allylic oxidation sites excluding steroid dienone is 1.